The quantitative estimate of drug-likeness (QED) is 0.865. The van der Waals surface area contributed by atoms with E-state index in [0.717, 1.165) is 57.0 Å². The molecule has 19 heavy (non-hydrogen) atoms. The van der Waals surface area contributed by atoms with E-state index in [1.54, 1.807) is 6.20 Å². The van der Waals surface area contributed by atoms with E-state index in [1.165, 1.54) is 0 Å². The minimum Gasteiger partial charge on any atom is -0.339 e. The molecule has 0 unspecified atom stereocenters. The monoisotopic (exact) mass is 260 g/mol. The molecule has 3 rings (SSSR count). The van der Waals surface area contributed by atoms with Crippen molar-refractivity contribution in [2.45, 2.75) is 32.1 Å². The topological polar surface area (TPSA) is 58.1 Å². The molecule has 2 aliphatic rings. The van der Waals surface area contributed by atoms with Crippen molar-refractivity contribution in [2.24, 2.45) is 0 Å². The molecule has 1 amide bonds. The van der Waals surface area contributed by atoms with E-state index < -0.39 is 0 Å². The van der Waals surface area contributed by atoms with Crippen molar-refractivity contribution in [1.82, 2.24) is 20.2 Å². The summed E-state index contributed by atoms with van der Waals surface area (Å²) in [7, 11) is 0. The number of rotatable bonds is 2. The van der Waals surface area contributed by atoms with Gasteiger partial charge in [0.05, 0.1) is 11.3 Å². The summed E-state index contributed by atoms with van der Waals surface area (Å²) < 4.78 is 0. The van der Waals surface area contributed by atoms with E-state index in [-0.39, 0.29) is 5.91 Å². The number of likely N-dealkylation sites (tertiary alicyclic amines) is 1. The Morgan fingerprint density at radius 3 is 2.84 bits per heavy atom. The molecule has 0 aliphatic carbocycles. The van der Waals surface area contributed by atoms with Gasteiger partial charge in [-0.3, -0.25) is 4.79 Å². The first-order valence-electron chi connectivity index (χ1n) is 7.09. The highest BCUT2D eigenvalue weighted by atomic mass is 16.2. The predicted molar refractivity (Wildman–Crippen MR) is 72.1 cm³/mol. The molecule has 5 heteroatoms. The molecule has 2 saturated heterocycles. The van der Waals surface area contributed by atoms with E-state index in [9.17, 15) is 4.79 Å². The van der Waals surface area contributed by atoms with Crippen LogP contribution in [0.25, 0.3) is 0 Å². The number of hydrogen-bond acceptors (Lipinski definition) is 4. The average molecular weight is 260 g/mol. The molecule has 0 saturated carbocycles. The Morgan fingerprint density at radius 1 is 1.42 bits per heavy atom. The second-order valence-corrected chi connectivity index (χ2v) is 5.42. The van der Waals surface area contributed by atoms with E-state index >= 15 is 0 Å². The maximum Gasteiger partial charge on any atom is 0.257 e. The summed E-state index contributed by atoms with van der Waals surface area (Å²) in [6, 6.07) is 0. The molecule has 0 spiro atoms. The van der Waals surface area contributed by atoms with Gasteiger partial charge in [-0.1, -0.05) is 0 Å². The number of aryl methyl sites for hydroxylation is 1. The zero-order valence-electron chi connectivity index (χ0n) is 11.4. The van der Waals surface area contributed by atoms with Crippen molar-refractivity contribution in [3.8, 4) is 0 Å². The van der Waals surface area contributed by atoms with Crippen LogP contribution in [0, 0.1) is 6.92 Å². The maximum atomic E-state index is 12.3. The lowest BCUT2D eigenvalue weighted by Gasteiger charge is -2.17. The smallest absolute Gasteiger partial charge is 0.257 e. The number of carbonyl (C=O) groups is 1. The normalized spacial score (nSPS) is 23.0. The minimum atomic E-state index is 0.0890. The van der Waals surface area contributed by atoms with Crippen LogP contribution in [0.2, 0.25) is 0 Å². The number of hydrogen-bond donors (Lipinski definition) is 1. The largest absolute Gasteiger partial charge is 0.339 e. The van der Waals surface area contributed by atoms with Gasteiger partial charge in [0.2, 0.25) is 0 Å². The van der Waals surface area contributed by atoms with Crippen LogP contribution in [0.3, 0.4) is 0 Å². The highest BCUT2D eigenvalue weighted by Gasteiger charge is 2.24. The van der Waals surface area contributed by atoms with Gasteiger partial charge in [0.25, 0.3) is 5.91 Å². The Balaban J connectivity index is 1.80. The van der Waals surface area contributed by atoms with Gasteiger partial charge in [-0.2, -0.15) is 0 Å². The molecule has 2 fully saturated rings. The summed E-state index contributed by atoms with van der Waals surface area (Å²) in [5.74, 6) is 1.36. The third-order valence-electron chi connectivity index (χ3n) is 4.05. The molecular formula is C14H20N4O. The van der Waals surface area contributed by atoms with Crippen LogP contribution in [0.4, 0.5) is 0 Å². The van der Waals surface area contributed by atoms with Crippen molar-refractivity contribution in [3.63, 3.8) is 0 Å². The number of carbonyl (C=O) groups excluding carboxylic acids is 1. The van der Waals surface area contributed by atoms with E-state index in [0.29, 0.717) is 11.5 Å². The van der Waals surface area contributed by atoms with Gasteiger partial charge < -0.3 is 10.2 Å². The van der Waals surface area contributed by atoms with Gasteiger partial charge in [-0.05, 0) is 32.7 Å². The predicted octanol–water partition coefficient (Wildman–Crippen LogP) is 1.10. The Morgan fingerprint density at radius 2 is 2.21 bits per heavy atom. The molecule has 1 N–H and O–H groups in total. The zero-order chi connectivity index (χ0) is 13.2. The van der Waals surface area contributed by atoms with Crippen LogP contribution < -0.4 is 5.32 Å². The van der Waals surface area contributed by atoms with Crippen LogP contribution >= 0.6 is 0 Å². The lowest BCUT2D eigenvalue weighted by atomic mass is 10.1. The first-order valence-corrected chi connectivity index (χ1v) is 7.09. The first kappa shape index (κ1) is 12.5. The van der Waals surface area contributed by atoms with Crippen molar-refractivity contribution >= 4 is 5.91 Å². The van der Waals surface area contributed by atoms with Gasteiger partial charge in [0.1, 0.15) is 5.82 Å². The number of amides is 1. The fraction of sp³-hybridized carbons (Fsp3) is 0.643. The molecule has 102 valence electrons. The van der Waals surface area contributed by atoms with E-state index in [2.05, 4.69) is 15.3 Å². The second-order valence-electron chi connectivity index (χ2n) is 5.42. The molecule has 0 bridgehead atoms. The SMILES string of the molecule is Cc1nc([C@H]2CCNC2)ncc1C(=O)N1CCCC1. The van der Waals surface area contributed by atoms with E-state index in [4.69, 9.17) is 0 Å². The fourth-order valence-electron chi connectivity index (χ4n) is 2.86. The van der Waals surface area contributed by atoms with Gasteiger partial charge in [0.15, 0.2) is 0 Å². The Hall–Kier alpha value is -1.49. The van der Waals surface area contributed by atoms with Gasteiger partial charge in [-0.15, -0.1) is 0 Å². The van der Waals surface area contributed by atoms with Crippen LogP contribution in [0.1, 0.15) is 47.1 Å². The van der Waals surface area contributed by atoms with Crippen LogP contribution in [0.15, 0.2) is 6.20 Å². The van der Waals surface area contributed by atoms with E-state index in [1.807, 2.05) is 11.8 Å². The highest BCUT2D eigenvalue weighted by Crippen LogP contribution is 2.20. The number of nitrogens with one attached hydrogen (secondary N) is 1. The molecule has 0 radical (unpaired) electrons. The standard InChI is InChI=1S/C14H20N4O/c1-10-12(14(19)18-6-2-3-7-18)9-16-13(17-10)11-4-5-15-8-11/h9,11,15H,2-8H2,1H3/t11-/m0/s1. The van der Waals surface area contributed by atoms with Gasteiger partial charge >= 0.3 is 0 Å². The molecule has 0 aromatic carbocycles. The van der Waals surface area contributed by atoms with Crippen molar-refractivity contribution in [3.05, 3.63) is 23.3 Å². The third-order valence-corrected chi connectivity index (χ3v) is 4.05. The fourth-order valence-corrected chi connectivity index (χ4v) is 2.86. The molecule has 2 aliphatic heterocycles. The Kier molecular flexibility index (Phi) is 3.46. The van der Waals surface area contributed by atoms with Gasteiger partial charge in [0, 0.05) is 31.7 Å². The second kappa shape index (κ2) is 5.25. The molecular weight excluding hydrogens is 240 g/mol. The van der Waals surface area contributed by atoms with Crippen LogP contribution in [0.5, 0.6) is 0 Å². The summed E-state index contributed by atoms with van der Waals surface area (Å²) in [5.41, 5.74) is 1.48. The summed E-state index contributed by atoms with van der Waals surface area (Å²) >= 11 is 0. The third kappa shape index (κ3) is 2.47. The van der Waals surface area contributed by atoms with Crippen molar-refractivity contribution in [1.29, 1.82) is 0 Å². The lowest BCUT2D eigenvalue weighted by Crippen LogP contribution is -2.29. The van der Waals surface area contributed by atoms with Crippen molar-refractivity contribution < 1.29 is 4.79 Å². The summed E-state index contributed by atoms with van der Waals surface area (Å²) in [6.45, 7) is 5.62. The lowest BCUT2D eigenvalue weighted by molar-refractivity contribution is 0.0791. The summed E-state index contributed by atoms with van der Waals surface area (Å²) in [6.07, 6.45) is 5.02. The van der Waals surface area contributed by atoms with Crippen molar-refractivity contribution in [2.75, 3.05) is 26.2 Å². The summed E-state index contributed by atoms with van der Waals surface area (Å²) in [5, 5.41) is 3.32. The summed E-state index contributed by atoms with van der Waals surface area (Å²) in [4.78, 5) is 23.2. The molecule has 3 heterocycles. The highest BCUT2D eigenvalue weighted by molar-refractivity contribution is 5.95. The zero-order valence-corrected chi connectivity index (χ0v) is 11.4. The minimum absolute atomic E-state index is 0.0890. The molecule has 5 nitrogen and oxygen atoms in total. The number of aromatic nitrogens is 2. The van der Waals surface area contributed by atoms with Crippen LogP contribution in [-0.4, -0.2) is 47.0 Å². The average Bonchev–Trinajstić information content (AvgIpc) is 3.11. The van der Waals surface area contributed by atoms with Crippen LogP contribution in [-0.2, 0) is 0 Å². The Labute approximate surface area is 113 Å². The van der Waals surface area contributed by atoms with Gasteiger partial charge in [-0.25, -0.2) is 9.97 Å². The molecule has 1 aromatic heterocycles. The Bertz CT molecular complexity index is 476. The first-order chi connectivity index (χ1) is 9.25. The molecule has 1 aromatic rings. The molecule has 1 atom stereocenters. The maximum absolute atomic E-state index is 12.3. The number of nitrogens with zero attached hydrogens (tertiary/aromatic N) is 3.